The highest BCUT2D eigenvalue weighted by atomic mass is 16.5. The molecule has 2 amide bonds. The zero-order chi connectivity index (χ0) is 18.4. The minimum atomic E-state index is -1.19. The number of carbonyl (C=O) groups excluding carboxylic acids is 2. The lowest BCUT2D eigenvalue weighted by Gasteiger charge is -2.28. The SMILES string of the molecule is COc1ccc(OC)c(NC(=O)C(C)(C)C(=O)NC2CCCCC2)c1. The van der Waals surface area contributed by atoms with Gasteiger partial charge in [-0.1, -0.05) is 19.3 Å². The predicted octanol–water partition coefficient (Wildman–Crippen LogP) is 3.12. The highest BCUT2D eigenvalue weighted by molar-refractivity contribution is 6.10. The number of amides is 2. The second-order valence-electron chi connectivity index (χ2n) is 6.95. The monoisotopic (exact) mass is 348 g/mol. The van der Waals surface area contributed by atoms with E-state index in [4.69, 9.17) is 9.47 Å². The summed E-state index contributed by atoms with van der Waals surface area (Å²) >= 11 is 0. The van der Waals surface area contributed by atoms with Gasteiger partial charge in [-0.2, -0.15) is 0 Å². The van der Waals surface area contributed by atoms with Crippen molar-refractivity contribution in [3.8, 4) is 11.5 Å². The molecule has 0 radical (unpaired) electrons. The van der Waals surface area contributed by atoms with Crippen LogP contribution in [-0.4, -0.2) is 32.1 Å². The van der Waals surface area contributed by atoms with Gasteiger partial charge in [0.15, 0.2) is 0 Å². The van der Waals surface area contributed by atoms with Crippen LogP contribution in [0.25, 0.3) is 0 Å². The quantitative estimate of drug-likeness (QED) is 0.775. The van der Waals surface area contributed by atoms with Gasteiger partial charge in [0, 0.05) is 12.1 Å². The van der Waals surface area contributed by atoms with Gasteiger partial charge < -0.3 is 20.1 Å². The minimum Gasteiger partial charge on any atom is -0.497 e. The molecule has 0 spiro atoms. The Bertz CT molecular complexity index is 622. The van der Waals surface area contributed by atoms with Gasteiger partial charge in [-0.05, 0) is 38.8 Å². The van der Waals surface area contributed by atoms with E-state index in [0.717, 1.165) is 25.7 Å². The third kappa shape index (κ3) is 4.65. The summed E-state index contributed by atoms with van der Waals surface area (Å²) in [6.07, 6.45) is 5.42. The van der Waals surface area contributed by atoms with Gasteiger partial charge in [0.05, 0.1) is 19.9 Å². The average Bonchev–Trinajstić information content (AvgIpc) is 2.62. The number of ether oxygens (including phenoxy) is 2. The second-order valence-corrected chi connectivity index (χ2v) is 6.95. The summed E-state index contributed by atoms with van der Waals surface area (Å²) in [5.74, 6) is 0.476. The Labute approximate surface area is 149 Å². The number of carbonyl (C=O) groups is 2. The molecule has 0 heterocycles. The number of hydrogen-bond donors (Lipinski definition) is 2. The molecule has 2 N–H and O–H groups in total. The van der Waals surface area contributed by atoms with E-state index in [1.165, 1.54) is 13.5 Å². The van der Waals surface area contributed by atoms with Crippen molar-refractivity contribution >= 4 is 17.5 Å². The van der Waals surface area contributed by atoms with Crippen molar-refractivity contribution in [3.05, 3.63) is 18.2 Å². The Kier molecular flexibility index (Phi) is 6.28. The minimum absolute atomic E-state index is 0.166. The van der Waals surface area contributed by atoms with Crippen LogP contribution in [-0.2, 0) is 9.59 Å². The molecule has 25 heavy (non-hydrogen) atoms. The topological polar surface area (TPSA) is 76.7 Å². The summed E-state index contributed by atoms with van der Waals surface area (Å²) < 4.78 is 10.5. The fourth-order valence-electron chi connectivity index (χ4n) is 2.91. The number of rotatable bonds is 6. The van der Waals surface area contributed by atoms with Crippen LogP contribution in [0.4, 0.5) is 5.69 Å². The smallest absolute Gasteiger partial charge is 0.239 e. The third-order valence-corrected chi connectivity index (χ3v) is 4.73. The highest BCUT2D eigenvalue weighted by Crippen LogP contribution is 2.31. The van der Waals surface area contributed by atoms with E-state index in [-0.39, 0.29) is 17.9 Å². The van der Waals surface area contributed by atoms with Crippen molar-refractivity contribution in [3.63, 3.8) is 0 Å². The van der Waals surface area contributed by atoms with Gasteiger partial charge in [-0.25, -0.2) is 0 Å². The molecule has 0 aliphatic heterocycles. The first-order chi connectivity index (χ1) is 11.9. The van der Waals surface area contributed by atoms with Crippen LogP contribution in [0.5, 0.6) is 11.5 Å². The summed E-state index contributed by atoms with van der Waals surface area (Å²) in [6, 6.07) is 5.30. The molecule has 1 fully saturated rings. The van der Waals surface area contributed by atoms with Crippen molar-refractivity contribution in [2.24, 2.45) is 5.41 Å². The molecule has 2 rings (SSSR count). The fourth-order valence-corrected chi connectivity index (χ4v) is 2.91. The van der Waals surface area contributed by atoms with Crippen molar-refractivity contribution in [1.82, 2.24) is 5.32 Å². The van der Waals surface area contributed by atoms with Crippen LogP contribution < -0.4 is 20.1 Å². The van der Waals surface area contributed by atoms with E-state index < -0.39 is 5.41 Å². The Hall–Kier alpha value is -2.24. The Morgan fingerprint density at radius 3 is 2.32 bits per heavy atom. The van der Waals surface area contributed by atoms with Crippen molar-refractivity contribution in [2.45, 2.75) is 52.0 Å². The molecule has 1 aromatic carbocycles. The van der Waals surface area contributed by atoms with Gasteiger partial charge in [0.2, 0.25) is 11.8 Å². The predicted molar refractivity (Wildman–Crippen MR) is 97.0 cm³/mol. The molecule has 1 saturated carbocycles. The maximum absolute atomic E-state index is 12.7. The molecule has 0 saturated heterocycles. The maximum atomic E-state index is 12.7. The Morgan fingerprint density at radius 2 is 1.72 bits per heavy atom. The molecule has 6 nitrogen and oxygen atoms in total. The van der Waals surface area contributed by atoms with Crippen molar-refractivity contribution in [1.29, 1.82) is 0 Å². The van der Waals surface area contributed by atoms with E-state index in [2.05, 4.69) is 10.6 Å². The van der Waals surface area contributed by atoms with Gasteiger partial charge in [-0.3, -0.25) is 9.59 Å². The van der Waals surface area contributed by atoms with E-state index in [9.17, 15) is 9.59 Å². The molecule has 1 aliphatic rings. The molecular formula is C19H28N2O4. The first-order valence-corrected chi connectivity index (χ1v) is 8.73. The highest BCUT2D eigenvalue weighted by Gasteiger charge is 2.37. The molecule has 6 heteroatoms. The molecule has 0 atom stereocenters. The van der Waals surface area contributed by atoms with E-state index in [1.807, 2.05) is 0 Å². The maximum Gasteiger partial charge on any atom is 0.239 e. The molecule has 138 valence electrons. The van der Waals surface area contributed by atoms with Gasteiger partial charge in [-0.15, -0.1) is 0 Å². The molecule has 0 unspecified atom stereocenters. The third-order valence-electron chi connectivity index (χ3n) is 4.73. The number of anilines is 1. The molecule has 1 aliphatic carbocycles. The number of hydrogen-bond acceptors (Lipinski definition) is 4. The number of nitrogens with one attached hydrogen (secondary N) is 2. The Balaban J connectivity index is 2.08. The van der Waals surface area contributed by atoms with Crippen molar-refractivity contribution in [2.75, 3.05) is 19.5 Å². The summed E-state index contributed by atoms with van der Waals surface area (Å²) in [7, 11) is 3.08. The van der Waals surface area contributed by atoms with E-state index >= 15 is 0 Å². The first kappa shape index (κ1) is 19.1. The van der Waals surface area contributed by atoms with Crippen LogP contribution in [0.1, 0.15) is 46.0 Å². The Morgan fingerprint density at radius 1 is 1.04 bits per heavy atom. The van der Waals surface area contributed by atoms with Crippen LogP contribution in [0, 0.1) is 5.41 Å². The summed E-state index contributed by atoms with van der Waals surface area (Å²) in [5, 5.41) is 5.81. The second kappa shape index (κ2) is 8.23. The lowest BCUT2D eigenvalue weighted by molar-refractivity contribution is -0.139. The van der Waals surface area contributed by atoms with Crippen LogP contribution in [0.2, 0.25) is 0 Å². The average molecular weight is 348 g/mol. The lowest BCUT2D eigenvalue weighted by Crippen LogP contribution is -2.49. The number of methoxy groups -OCH3 is 2. The standard InChI is InChI=1S/C19H28N2O4/c1-19(2,17(22)20-13-8-6-5-7-9-13)18(23)21-15-12-14(24-3)10-11-16(15)25-4/h10-13H,5-9H2,1-4H3,(H,20,22)(H,21,23). The lowest BCUT2D eigenvalue weighted by atomic mass is 9.88. The van der Waals surface area contributed by atoms with Gasteiger partial charge in [0.1, 0.15) is 16.9 Å². The molecular weight excluding hydrogens is 320 g/mol. The van der Waals surface area contributed by atoms with Crippen LogP contribution in [0.15, 0.2) is 18.2 Å². The van der Waals surface area contributed by atoms with Gasteiger partial charge >= 0.3 is 0 Å². The zero-order valence-corrected chi connectivity index (χ0v) is 15.5. The van der Waals surface area contributed by atoms with Gasteiger partial charge in [0.25, 0.3) is 0 Å². The van der Waals surface area contributed by atoms with Crippen molar-refractivity contribution < 1.29 is 19.1 Å². The molecule has 0 bridgehead atoms. The van der Waals surface area contributed by atoms with E-state index in [1.54, 1.807) is 39.2 Å². The largest absolute Gasteiger partial charge is 0.497 e. The molecule has 0 aromatic heterocycles. The summed E-state index contributed by atoms with van der Waals surface area (Å²) in [6.45, 7) is 3.26. The first-order valence-electron chi connectivity index (χ1n) is 8.73. The number of benzene rings is 1. The summed E-state index contributed by atoms with van der Waals surface area (Å²) in [5.41, 5.74) is -0.712. The fraction of sp³-hybridized carbons (Fsp3) is 0.579. The normalized spacial score (nSPS) is 15.4. The van der Waals surface area contributed by atoms with E-state index in [0.29, 0.717) is 17.2 Å². The zero-order valence-electron chi connectivity index (χ0n) is 15.5. The van der Waals surface area contributed by atoms with Crippen LogP contribution >= 0.6 is 0 Å². The molecule has 1 aromatic rings. The van der Waals surface area contributed by atoms with Crippen LogP contribution in [0.3, 0.4) is 0 Å². The summed E-state index contributed by atoms with van der Waals surface area (Å²) in [4.78, 5) is 25.3.